The van der Waals surface area contributed by atoms with Crippen LogP contribution in [0.25, 0.3) is 0 Å². The van der Waals surface area contributed by atoms with Gasteiger partial charge in [-0.1, -0.05) is 5.92 Å². The lowest BCUT2D eigenvalue weighted by Gasteiger charge is -2.35. The van der Waals surface area contributed by atoms with Crippen molar-refractivity contribution in [2.24, 2.45) is 0 Å². The molecule has 0 aromatic rings. The first kappa shape index (κ1) is 13.9. The quantitative estimate of drug-likeness (QED) is 0.432. The first-order chi connectivity index (χ1) is 9.04. The zero-order chi connectivity index (χ0) is 14.0. The highest BCUT2D eigenvalue weighted by Crippen LogP contribution is 2.30. The number of amides is 1. The van der Waals surface area contributed by atoms with Crippen molar-refractivity contribution in [2.45, 2.75) is 45.7 Å². The van der Waals surface area contributed by atoms with Crippen LogP contribution in [0.2, 0.25) is 0 Å². The number of nitrogens with zero attached hydrogens (tertiary/aromatic N) is 1. The van der Waals surface area contributed by atoms with Crippen LogP contribution in [0.1, 0.15) is 33.6 Å². The molecule has 102 valence electrons. The number of morpholine rings is 1. The number of allylic oxidation sites excluding steroid dienone is 3. The maximum Gasteiger partial charge on any atom is 0.250 e. The van der Waals surface area contributed by atoms with E-state index in [4.69, 9.17) is 11.2 Å². The van der Waals surface area contributed by atoms with E-state index in [1.165, 1.54) is 0 Å². The Labute approximate surface area is 115 Å². The summed E-state index contributed by atoms with van der Waals surface area (Å²) in [7, 11) is 0. The van der Waals surface area contributed by atoms with E-state index in [0.717, 1.165) is 29.6 Å². The number of rotatable bonds is 2. The Morgan fingerprint density at radius 2 is 1.84 bits per heavy atom. The van der Waals surface area contributed by atoms with Crippen molar-refractivity contribution in [2.75, 3.05) is 13.2 Å². The summed E-state index contributed by atoms with van der Waals surface area (Å²) in [6, 6.07) is 0.514. The number of fused-ring (bicyclic) bond motifs is 2. The molecule has 0 aromatic carbocycles. The van der Waals surface area contributed by atoms with Gasteiger partial charge >= 0.3 is 0 Å². The van der Waals surface area contributed by atoms with Gasteiger partial charge in [-0.2, -0.15) is 0 Å². The highest BCUT2D eigenvalue weighted by Gasteiger charge is 2.40. The molecular formula is C16H21NO2. The molecule has 0 radical (unpaired) electrons. The molecule has 0 saturated carbocycles. The minimum absolute atomic E-state index is 0.125. The highest BCUT2D eigenvalue weighted by atomic mass is 16.5. The minimum atomic E-state index is 0.125. The number of hydrogen-bond acceptors (Lipinski definition) is 2. The molecule has 3 heteroatoms. The van der Waals surface area contributed by atoms with Gasteiger partial charge in [0.1, 0.15) is 0 Å². The van der Waals surface area contributed by atoms with Gasteiger partial charge in [-0.05, 0) is 45.3 Å². The topological polar surface area (TPSA) is 29.5 Å². The molecule has 0 spiro atoms. The van der Waals surface area contributed by atoms with Gasteiger partial charge in [0.05, 0.1) is 25.3 Å². The lowest BCUT2D eigenvalue weighted by Crippen LogP contribution is -2.49. The first-order valence-corrected chi connectivity index (χ1v) is 6.77. The van der Waals surface area contributed by atoms with E-state index in [1.54, 1.807) is 0 Å². The van der Waals surface area contributed by atoms with Crippen LogP contribution in [0.5, 0.6) is 0 Å². The molecule has 0 aliphatic carbocycles. The SMILES string of the molecule is C#C/C(C)=C(C)\C=C(/C)C(=O)N1C2CCC1COC2. The molecule has 2 heterocycles. The summed E-state index contributed by atoms with van der Waals surface area (Å²) in [4.78, 5) is 14.5. The lowest BCUT2D eigenvalue weighted by atomic mass is 10.1. The summed E-state index contributed by atoms with van der Waals surface area (Å²) in [5.41, 5.74) is 2.61. The number of terminal acetylenes is 1. The Kier molecular flexibility index (Phi) is 4.11. The van der Waals surface area contributed by atoms with Crippen molar-refractivity contribution in [1.82, 2.24) is 4.90 Å². The van der Waals surface area contributed by atoms with Crippen LogP contribution in [0, 0.1) is 12.3 Å². The third-order valence-electron chi connectivity index (χ3n) is 4.05. The molecule has 1 amide bonds. The number of hydrogen-bond donors (Lipinski definition) is 0. The van der Waals surface area contributed by atoms with Crippen LogP contribution in [-0.2, 0) is 9.53 Å². The second-order valence-electron chi connectivity index (χ2n) is 5.41. The maximum atomic E-state index is 12.5. The van der Waals surface area contributed by atoms with Crippen molar-refractivity contribution in [3.05, 3.63) is 22.8 Å². The molecule has 0 N–H and O–H groups in total. The standard InChI is InChI=1S/C16H21NO2/c1-5-11(2)12(3)8-13(4)16(18)17-14-6-7-15(17)10-19-9-14/h1,8,14-15H,6-7,9-10H2,2-4H3/b12-11-,13-8+. The van der Waals surface area contributed by atoms with Crippen LogP contribution in [0.15, 0.2) is 22.8 Å². The van der Waals surface area contributed by atoms with Gasteiger partial charge in [0.25, 0.3) is 0 Å². The average molecular weight is 259 g/mol. The Balaban J connectivity index is 2.17. The normalized spacial score (nSPS) is 27.9. The molecule has 19 heavy (non-hydrogen) atoms. The first-order valence-electron chi connectivity index (χ1n) is 6.77. The van der Waals surface area contributed by atoms with Gasteiger partial charge in [-0.3, -0.25) is 4.79 Å². The molecule has 2 aliphatic rings. The minimum Gasteiger partial charge on any atom is -0.377 e. The third-order valence-corrected chi connectivity index (χ3v) is 4.05. The van der Waals surface area contributed by atoms with Crippen LogP contribution in [0.3, 0.4) is 0 Å². The molecule has 2 atom stereocenters. The Bertz CT molecular complexity index is 465. The average Bonchev–Trinajstić information content (AvgIpc) is 2.65. The second-order valence-corrected chi connectivity index (χ2v) is 5.41. The lowest BCUT2D eigenvalue weighted by molar-refractivity contribution is -0.136. The molecular weight excluding hydrogens is 238 g/mol. The summed E-state index contributed by atoms with van der Waals surface area (Å²) in [6.45, 7) is 7.05. The summed E-state index contributed by atoms with van der Waals surface area (Å²) in [5, 5.41) is 0. The Morgan fingerprint density at radius 1 is 1.26 bits per heavy atom. The van der Waals surface area contributed by atoms with E-state index in [9.17, 15) is 4.79 Å². The van der Waals surface area contributed by atoms with Crippen molar-refractivity contribution in [3.63, 3.8) is 0 Å². The van der Waals surface area contributed by atoms with Crippen molar-refractivity contribution >= 4 is 5.91 Å². The molecule has 0 aromatic heterocycles. The molecule has 2 bridgehead atoms. The van der Waals surface area contributed by atoms with E-state index in [1.807, 2.05) is 31.7 Å². The van der Waals surface area contributed by atoms with Gasteiger partial charge in [0.2, 0.25) is 5.91 Å². The van der Waals surface area contributed by atoms with E-state index in [2.05, 4.69) is 5.92 Å². The molecule has 2 rings (SSSR count). The maximum absolute atomic E-state index is 12.5. The zero-order valence-electron chi connectivity index (χ0n) is 11.9. The van der Waals surface area contributed by atoms with E-state index in [-0.39, 0.29) is 18.0 Å². The molecule has 2 fully saturated rings. The molecule has 2 unspecified atom stereocenters. The van der Waals surface area contributed by atoms with Gasteiger partial charge in [0.15, 0.2) is 0 Å². The van der Waals surface area contributed by atoms with Gasteiger partial charge in [-0.25, -0.2) is 0 Å². The van der Waals surface area contributed by atoms with Crippen molar-refractivity contribution in [3.8, 4) is 12.3 Å². The molecule has 2 saturated heterocycles. The predicted octanol–water partition coefficient (Wildman–Crippen LogP) is 2.29. The smallest absolute Gasteiger partial charge is 0.250 e. The fourth-order valence-corrected chi connectivity index (χ4v) is 2.77. The summed E-state index contributed by atoms with van der Waals surface area (Å²) in [5.74, 6) is 2.73. The summed E-state index contributed by atoms with van der Waals surface area (Å²) >= 11 is 0. The summed E-state index contributed by atoms with van der Waals surface area (Å²) < 4.78 is 5.50. The zero-order valence-corrected chi connectivity index (χ0v) is 11.9. The summed E-state index contributed by atoms with van der Waals surface area (Å²) in [6.07, 6.45) is 9.38. The fourth-order valence-electron chi connectivity index (χ4n) is 2.77. The Morgan fingerprint density at radius 3 is 2.37 bits per heavy atom. The van der Waals surface area contributed by atoms with Crippen LogP contribution in [0.4, 0.5) is 0 Å². The number of ether oxygens (including phenoxy) is 1. The largest absolute Gasteiger partial charge is 0.377 e. The van der Waals surface area contributed by atoms with Gasteiger partial charge in [0, 0.05) is 11.1 Å². The van der Waals surface area contributed by atoms with Gasteiger partial charge in [-0.15, -0.1) is 6.42 Å². The fraction of sp³-hybridized carbons (Fsp3) is 0.562. The third kappa shape index (κ3) is 2.74. The number of carbonyl (C=O) groups excluding carboxylic acids is 1. The van der Waals surface area contributed by atoms with Crippen LogP contribution < -0.4 is 0 Å². The van der Waals surface area contributed by atoms with Gasteiger partial charge < -0.3 is 9.64 Å². The van der Waals surface area contributed by atoms with Crippen LogP contribution >= 0.6 is 0 Å². The van der Waals surface area contributed by atoms with E-state index < -0.39 is 0 Å². The highest BCUT2D eigenvalue weighted by molar-refractivity contribution is 5.94. The van der Waals surface area contributed by atoms with Crippen LogP contribution in [-0.4, -0.2) is 36.1 Å². The Hall–Kier alpha value is -1.53. The number of carbonyl (C=O) groups is 1. The molecule has 3 nitrogen and oxygen atoms in total. The second kappa shape index (κ2) is 5.63. The monoisotopic (exact) mass is 259 g/mol. The van der Waals surface area contributed by atoms with E-state index >= 15 is 0 Å². The predicted molar refractivity (Wildman–Crippen MR) is 75.4 cm³/mol. The van der Waals surface area contributed by atoms with E-state index in [0.29, 0.717) is 13.2 Å². The van der Waals surface area contributed by atoms with Crippen molar-refractivity contribution in [1.29, 1.82) is 0 Å². The van der Waals surface area contributed by atoms with Crippen molar-refractivity contribution < 1.29 is 9.53 Å². The molecule has 2 aliphatic heterocycles.